The van der Waals surface area contributed by atoms with Gasteiger partial charge >= 0.3 is 0 Å². The normalized spacial score (nSPS) is 19.8. The van der Waals surface area contributed by atoms with E-state index in [1.807, 2.05) is 23.5 Å². The summed E-state index contributed by atoms with van der Waals surface area (Å²) in [5, 5.41) is 0. The summed E-state index contributed by atoms with van der Waals surface area (Å²) in [5.74, 6) is 0.373. The molecule has 0 radical (unpaired) electrons. The summed E-state index contributed by atoms with van der Waals surface area (Å²) in [6.07, 6.45) is 0. The highest BCUT2D eigenvalue weighted by molar-refractivity contribution is 8.00. The minimum Gasteiger partial charge on any atom is -0.0894 e. The zero-order chi connectivity index (χ0) is 22.7. The van der Waals surface area contributed by atoms with E-state index in [0.717, 1.165) is 0 Å². The zero-order valence-corrected chi connectivity index (χ0v) is 21.4. The van der Waals surface area contributed by atoms with E-state index in [2.05, 4.69) is 88.4 Å². The topological polar surface area (TPSA) is 0 Å². The Morgan fingerprint density at radius 2 is 0.971 bits per heavy atom. The second-order valence-corrected chi connectivity index (χ2v) is 13.8. The van der Waals surface area contributed by atoms with E-state index in [1.54, 1.807) is 44.2 Å². The average Bonchev–Trinajstić information content (AvgIpc) is 2.82. The van der Waals surface area contributed by atoms with Crippen LogP contribution in [0.15, 0.2) is 80.2 Å². The van der Waals surface area contributed by atoms with Crippen LogP contribution in [0.4, 0.5) is 0 Å². The second-order valence-electron chi connectivity index (χ2n) is 11.6. The van der Waals surface area contributed by atoms with Crippen molar-refractivity contribution in [1.82, 2.24) is 0 Å². The van der Waals surface area contributed by atoms with Crippen LogP contribution in [0.2, 0.25) is 0 Å². The Morgan fingerprint density at radius 1 is 0.529 bits per heavy atom. The Hall–Kier alpha value is -2.36. The molecule has 0 nitrogen and oxygen atoms in total. The Kier molecular flexibility index (Phi) is 3.09. The lowest BCUT2D eigenvalue weighted by Gasteiger charge is -2.52. The van der Waals surface area contributed by atoms with Crippen LogP contribution in [0.5, 0.6) is 0 Å². The van der Waals surface area contributed by atoms with E-state index in [1.165, 1.54) is 30.7 Å². The maximum atomic E-state index is 2.47. The molecule has 0 aromatic heterocycles. The minimum absolute atomic E-state index is 0.00276. The predicted molar refractivity (Wildman–Crippen MR) is 144 cm³/mol. The maximum absolute atomic E-state index is 2.47. The number of benzene rings is 4. The van der Waals surface area contributed by atoms with Gasteiger partial charge in [-0.15, -0.1) is 0 Å². The lowest BCUT2D eigenvalue weighted by molar-refractivity contribution is 0.616. The summed E-state index contributed by atoms with van der Waals surface area (Å²) in [5.41, 5.74) is 15.8. The molecule has 162 valence electrons. The Labute approximate surface area is 209 Å². The van der Waals surface area contributed by atoms with Gasteiger partial charge in [-0.25, -0.2) is 0 Å². The first-order valence-corrected chi connectivity index (χ1v) is 14.0. The molecule has 5 heterocycles. The van der Waals surface area contributed by atoms with Crippen molar-refractivity contribution in [1.29, 1.82) is 0 Å². The molecule has 0 bridgehead atoms. The highest BCUT2D eigenvalue weighted by Crippen LogP contribution is 2.59. The SMILES string of the molecule is CC1(C)c2cccc3c2B2c4c1ccc1c4C4c5c(cccc5Sc5ccc(c2c54)C3(C)C)S1. The maximum Gasteiger partial charge on any atom is 0.243 e. The number of hydrogen-bond acceptors (Lipinski definition) is 2. The summed E-state index contributed by atoms with van der Waals surface area (Å²) < 4.78 is 0. The predicted octanol–water partition coefficient (Wildman–Crippen LogP) is 5.90. The molecule has 9 rings (SSSR count). The molecule has 0 N–H and O–H groups in total. The lowest BCUT2D eigenvalue weighted by Crippen LogP contribution is -2.70. The van der Waals surface area contributed by atoms with Gasteiger partial charge in [-0.1, -0.05) is 104 Å². The van der Waals surface area contributed by atoms with Gasteiger partial charge in [-0.05, 0) is 63.2 Å². The van der Waals surface area contributed by atoms with Gasteiger partial charge in [-0.3, -0.25) is 0 Å². The van der Waals surface area contributed by atoms with Gasteiger partial charge in [0.1, 0.15) is 0 Å². The van der Waals surface area contributed by atoms with Gasteiger partial charge in [-0.2, -0.15) is 0 Å². The zero-order valence-electron chi connectivity index (χ0n) is 19.7. The molecule has 0 atom stereocenters. The second kappa shape index (κ2) is 5.55. The minimum atomic E-state index is 0.00276. The molecule has 0 fully saturated rings. The van der Waals surface area contributed by atoms with Crippen LogP contribution in [-0.4, -0.2) is 6.71 Å². The highest BCUT2D eigenvalue weighted by Gasteiger charge is 2.55. The van der Waals surface area contributed by atoms with Gasteiger partial charge in [0, 0.05) is 36.3 Å². The molecule has 5 aliphatic heterocycles. The van der Waals surface area contributed by atoms with Crippen molar-refractivity contribution in [2.45, 2.75) is 64.0 Å². The molecule has 5 aliphatic rings. The Morgan fingerprint density at radius 3 is 1.50 bits per heavy atom. The fourth-order valence-electron chi connectivity index (χ4n) is 8.06. The molecule has 3 heteroatoms. The molecule has 4 aromatic rings. The fourth-order valence-corrected chi connectivity index (χ4v) is 10.5. The van der Waals surface area contributed by atoms with Crippen molar-refractivity contribution >= 4 is 46.6 Å². The van der Waals surface area contributed by atoms with Crippen LogP contribution in [0, 0.1) is 0 Å². The fraction of sp³-hybridized carbons (Fsp3) is 0.226. The number of hydrogen-bond donors (Lipinski definition) is 0. The quantitative estimate of drug-likeness (QED) is 0.253. The first-order chi connectivity index (χ1) is 16.4. The van der Waals surface area contributed by atoms with Gasteiger partial charge in [0.25, 0.3) is 0 Å². The summed E-state index contributed by atoms with van der Waals surface area (Å²) in [7, 11) is 0. The summed E-state index contributed by atoms with van der Waals surface area (Å²) in [6, 6.07) is 23.9. The molecule has 4 aromatic carbocycles. The van der Waals surface area contributed by atoms with Crippen molar-refractivity contribution in [2.24, 2.45) is 0 Å². The van der Waals surface area contributed by atoms with Crippen LogP contribution in [0.3, 0.4) is 0 Å². The monoisotopic (exact) mass is 470 g/mol. The van der Waals surface area contributed by atoms with Crippen molar-refractivity contribution in [3.63, 3.8) is 0 Å². The van der Waals surface area contributed by atoms with Crippen molar-refractivity contribution < 1.29 is 0 Å². The molecule has 34 heavy (non-hydrogen) atoms. The molecular formula is C31H23BS2. The molecule has 0 saturated heterocycles. The van der Waals surface area contributed by atoms with E-state index in [0.29, 0.717) is 12.6 Å². The molecule has 0 unspecified atom stereocenters. The van der Waals surface area contributed by atoms with Crippen molar-refractivity contribution in [2.75, 3.05) is 0 Å². The van der Waals surface area contributed by atoms with Crippen LogP contribution in [0.1, 0.15) is 72.6 Å². The largest absolute Gasteiger partial charge is 0.243 e. The van der Waals surface area contributed by atoms with Crippen LogP contribution >= 0.6 is 23.5 Å². The molecule has 0 saturated carbocycles. The van der Waals surface area contributed by atoms with E-state index in [4.69, 9.17) is 0 Å². The van der Waals surface area contributed by atoms with Crippen molar-refractivity contribution in [3.8, 4) is 0 Å². The first-order valence-electron chi connectivity index (χ1n) is 12.4. The van der Waals surface area contributed by atoms with Gasteiger partial charge in [0.2, 0.25) is 6.71 Å². The summed E-state index contributed by atoms with van der Waals surface area (Å²) in [6.45, 7) is 10.2. The lowest BCUT2D eigenvalue weighted by atomic mass is 9.24. The van der Waals surface area contributed by atoms with E-state index in [-0.39, 0.29) is 10.8 Å². The van der Waals surface area contributed by atoms with E-state index < -0.39 is 0 Å². The average molecular weight is 470 g/mol. The number of rotatable bonds is 0. The van der Waals surface area contributed by atoms with Crippen LogP contribution in [0.25, 0.3) is 0 Å². The van der Waals surface area contributed by atoms with Gasteiger partial charge in [0.05, 0.1) is 0 Å². The highest BCUT2D eigenvalue weighted by atomic mass is 32.2. The molecular weight excluding hydrogens is 447 g/mol. The van der Waals surface area contributed by atoms with Gasteiger partial charge in [0.15, 0.2) is 0 Å². The summed E-state index contributed by atoms with van der Waals surface area (Å²) in [4.78, 5) is 5.86. The smallest absolute Gasteiger partial charge is 0.0894 e. The Bertz CT molecular complexity index is 1560. The Balaban J connectivity index is 1.55. The van der Waals surface area contributed by atoms with Gasteiger partial charge < -0.3 is 0 Å². The third-order valence-corrected chi connectivity index (χ3v) is 11.8. The standard InChI is InChI=1S/C31H23BS2/c1-30(2)15-7-5-8-16-27(15)32-28-17(30)11-13-21-24(28)26-23-19(33-21)9-6-10-20(23)34-22-14-12-18(31(16,3)4)29(32)25(22)26/h5-14,26H,1-4H3. The van der Waals surface area contributed by atoms with Crippen LogP contribution < -0.4 is 16.4 Å². The molecule has 0 aliphatic carbocycles. The summed E-state index contributed by atoms with van der Waals surface area (Å²) >= 11 is 4.00. The van der Waals surface area contributed by atoms with Crippen molar-refractivity contribution in [3.05, 3.63) is 99.6 Å². The molecule has 0 spiro atoms. The first kappa shape index (κ1) is 18.9. The van der Waals surface area contributed by atoms with Crippen LogP contribution in [-0.2, 0) is 10.8 Å². The third-order valence-electron chi connectivity index (χ3n) is 9.49. The third kappa shape index (κ3) is 1.82. The van der Waals surface area contributed by atoms with E-state index in [9.17, 15) is 0 Å². The van der Waals surface area contributed by atoms with E-state index >= 15 is 0 Å². The molecule has 0 amide bonds.